The molecule has 2 aliphatic rings. The fourth-order valence-corrected chi connectivity index (χ4v) is 3.03. The summed E-state index contributed by atoms with van der Waals surface area (Å²) in [6.45, 7) is 8.71. The zero-order valence-electron chi connectivity index (χ0n) is 12.9. The topological polar surface area (TPSA) is 41.6 Å². The Morgan fingerprint density at radius 1 is 1.45 bits per heavy atom. The molecule has 4 nitrogen and oxygen atoms in total. The van der Waals surface area contributed by atoms with Crippen LogP contribution in [0.2, 0.25) is 0 Å². The summed E-state index contributed by atoms with van der Waals surface area (Å²) in [5, 5.41) is 3.14. The van der Waals surface area contributed by atoms with Crippen LogP contribution in [-0.4, -0.2) is 49.2 Å². The lowest BCUT2D eigenvalue weighted by atomic mass is 9.95. The Balaban J connectivity index is 1.79. The Kier molecular flexibility index (Phi) is 5.61. The number of hydrogen-bond acceptors (Lipinski definition) is 3. The molecular formula is C16H28N2O2. The van der Waals surface area contributed by atoms with Crippen molar-refractivity contribution in [2.75, 3.05) is 32.8 Å². The highest BCUT2D eigenvalue weighted by molar-refractivity contribution is 5.76. The van der Waals surface area contributed by atoms with E-state index < -0.39 is 0 Å². The highest BCUT2D eigenvalue weighted by atomic mass is 16.5. The number of carbonyl (C=O) groups is 1. The molecule has 0 spiro atoms. The van der Waals surface area contributed by atoms with Crippen molar-refractivity contribution in [2.24, 2.45) is 5.92 Å². The predicted molar refractivity (Wildman–Crippen MR) is 80.6 cm³/mol. The lowest BCUT2D eigenvalue weighted by Crippen LogP contribution is -2.56. The van der Waals surface area contributed by atoms with E-state index in [4.69, 9.17) is 4.74 Å². The predicted octanol–water partition coefficient (Wildman–Crippen LogP) is 1.96. The van der Waals surface area contributed by atoms with Gasteiger partial charge in [-0.25, -0.2) is 0 Å². The van der Waals surface area contributed by atoms with Crippen molar-refractivity contribution in [3.63, 3.8) is 0 Å². The molecule has 1 aliphatic carbocycles. The lowest BCUT2D eigenvalue weighted by Gasteiger charge is -2.43. The molecule has 4 heteroatoms. The van der Waals surface area contributed by atoms with Crippen LogP contribution in [0.25, 0.3) is 0 Å². The average molecular weight is 280 g/mol. The van der Waals surface area contributed by atoms with Crippen LogP contribution >= 0.6 is 0 Å². The van der Waals surface area contributed by atoms with E-state index in [1.165, 1.54) is 0 Å². The van der Waals surface area contributed by atoms with Crippen LogP contribution in [0.1, 0.15) is 39.5 Å². The van der Waals surface area contributed by atoms with Gasteiger partial charge in [0.1, 0.15) is 0 Å². The van der Waals surface area contributed by atoms with Crippen LogP contribution in [0.15, 0.2) is 12.2 Å². The van der Waals surface area contributed by atoms with Crippen molar-refractivity contribution in [1.29, 1.82) is 0 Å². The van der Waals surface area contributed by atoms with Gasteiger partial charge >= 0.3 is 0 Å². The van der Waals surface area contributed by atoms with Gasteiger partial charge in [0.2, 0.25) is 5.91 Å². The quantitative estimate of drug-likeness (QED) is 0.756. The van der Waals surface area contributed by atoms with Crippen LogP contribution in [-0.2, 0) is 9.53 Å². The summed E-state index contributed by atoms with van der Waals surface area (Å²) in [6, 6.07) is 0. The molecule has 1 fully saturated rings. The van der Waals surface area contributed by atoms with Crippen LogP contribution in [0.4, 0.5) is 0 Å². The first-order valence-corrected chi connectivity index (χ1v) is 7.90. The minimum atomic E-state index is 0.0466. The molecule has 0 aromatic carbocycles. The molecule has 1 aliphatic heterocycles. The van der Waals surface area contributed by atoms with E-state index in [0.29, 0.717) is 12.3 Å². The normalized spacial score (nSPS) is 26.4. The number of ether oxygens (including phenoxy) is 1. The third-order valence-corrected chi connectivity index (χ3v) is 4.76. The van der Waals surface area contributed by atoms with Gasteiger partial charge in [0.05, 0.1) is 13.2 Å². The maximum atomic E-state index is 12.1. The van der Waals surface area contributed by atoms with Crippen molar-refractivity contribution in [1.82, 2.24) is 10.2 Å². The molecule has 0 saturated carbocycles. The Bertz CT molecular complexity index is 350. The molecule has 1 saturated heterocycles. The number of morpholine rings is 1. The van der Waals surface area contributed by atoms with Gasteiger partial charge in [-0.15, -0.1) is 0 Å². The van der Waals surface area contributed by atoms with E-state index in [2.05, 4.69) is 36.2 Å². The molecule has 2 atom stereocenters. The minimum Gasteiger partial charge on any atom is -0.379 e. The number of allylic oxidation sites excluding steroid dienone is 2. The standard InChI is InChI=1S/C16H28N2O2/c1-3-16(2,18-8-10-20-11-9-18)13-17-15(19)12-14-6-4-5-7-14/h4,6,14H,3,5,7-13H2,1-2H3,(H,17,19)/t14-,16-/m1/s1. The maximum Gasteiger partial charge on any atom is 0.220 e. The molecule has 0 radical (unpaired) electrons. The summed E-state index contributed by atoms with van der Waals surface area (Å²) in [7, 11) is 0. The Morgan fingerprint density at radius 2 is 2.20 bits per heavy atom. The summed E-state index contributed by atoms with van der Waals surface area (Å²) >= 11 is 0. The van der Waals surface area contributed by atoms with Gasteiger partial charge in [0, 0.05) is 31.6 Å². The van der Waals surface area contributed by atoms with E-state index in [1.54, 1.807) is 0 Å². The summed E-state index contributed by atoms with van der Waals surface area (Å²) in [4.78, 5) is 14.5. The molecule has 0 aromatic heterocycles. The lowest BCUT2D eigenvalue weighted by molar-refractivity contribution is -0.122. The van der Waals surface area contributed by atoms with Crippen molar-refractivity contribution in [3.05, 3.63) is 12.2 Å². The molecule has 0 aromatic rings. The van der Waals surface area contributed by atoms with E-state index in [9.17, 15) is 4.79 Å². The maximum absolute atomic E-state index is 12.1. The Morgan fingerprint density at radius 3 is 2.80 bits per heavy atom. The van der Waals surface area contributed by atoms with Crippen molar-refractivity contribution in [3.8, 4) is 0 Å². The molecule has 1 N–H and O–H groups in total. The first-order chi connectivity index (χ1) is 9.64. The van der Waals surface area contributed by atoms with Gasteiger partial charge in [-0.05, 0) is 32.1 Å². The summed E-state index contributed by atoms with van der Waals surface area (Å²) in [5.41, 5.74) is 0.0466. The molecule has 0 unspecified atom stereocenters. The highest BCUT2D eigenvalue weighted by Crippen LogP contribution is 2.22. The first kappa shape index (κ1) is 15.5. The molecule has 20 heavy (non-hydrogen) atoms. The van der Waals surface area contributed by atoms with Crippen LogP contribution in [0.3, 0.4) is 0 Å². The highest BCUT2D eigenvalue weighted by Gasteiger charge is 2.31. The monoisotopic (exact) mass is 280 g/mol. The van der Waals surface area contributed by atoms with Gasteiger partial charge in [-0.3, -0.25) is 9.69 Å². The van der Waals surface area contributed by atoms with Crippen molar-refractivity contribution >= 4 is 5.91 Å². The van der Waals surface area contributed by atoms with E-state index in [1.807, 2.05) is 0 Å². The second-order valence-electron chi connectivity index (χ2n) is 6.20. The fourth-order valence-electron chi connectivity index (χ4n) is 3.03. The molecule has 114 valence electrons. The second-order valence-corrected chi connectivity index (χ2v) is 6.20. The second kappa shape index (κ2) is 7.23. The van der Waals surface area contributed by atoms with Crippen LogP contribution in [0.5, 0.6) is 0 Å². The Hall–Kier alpha value is -0.870. The largest absolute Gasteiger partial charge is 0.379 e. The van der Waals surface area contributed by atoms with E-state index in [-0.39, 0.29) is 11.4 Å². The number of rotatable bonds is 6. The molecule has 0 bridgehead atoms. The van der Waals surface area contributed by atoms with Crippen molar-refractivity contribution in [2.45, 2.75) is 45.1 Å². The fraction of sp³-hybridized carbons (Fsp3) is 0.812. The molecule has 2 rings (SSSR count). The third kappa shape index (κ3) is 4.06. The van der Waals surface area contributed by atoms with Gasteiger partial charge in [0.15, 0.2) is 0 Å². The number of carbonyl (C=O) groups excluding carboxylic acids is 1. The minimum absolute atomic E-state index is 0.0466. The summed E-state index contributed by atoms with van der Waals surface area (Å²) < 4.78 is 5.42. The number of amides is 1. The summed E-state index contributed by atoms with van der Waals surface area (Å²) in [5.74, 6) is 0.640. The summed E-state index contributed by atoms with van der Waals surface area (Å²) in [6.07, 6.45) is 8.29. The molecule has 1 amide bonds. The number of nitrogens with one attached hydrogen (secondary N) is 1. The Labute approximate surface area is 122 Å². The SMILES string of the molecule is CC[C@](C)(CNC(=O)C[C@@H]1C=CCC1)N1CCOCC1. The average Bonchev–Trinajstić information content (AvgIpc) is 2.98. The van der Waals surface area contributed by atoms with Gasteiger partial charge in [-0.1, -0.05) is 19.1 Å². The van der Waals surface area contributed by atoms with Crippen LogP contribution < -0.4 is 5.32 Å². The van der Waals surface area contributed by atoms with E-state index in [0.717, 1.165) is 52.1 Å². The van der Waals surface area contributed by atoms with Crippen molar-refractivity contribution < 1.29 is 9.53 Å². The zero-order chi connectivity index (χ0) is 14.4. The van der Waals surface area contributed by atoms with Crippen LogP contribution in [0, 0.1) is 5.92 Å². The van der Waals surface area contributed by atoms with Gasteiger partial charge < -0.3 is 10.1 Å². The van der Waals surface area contributed by atoms with Gasteiger partial charge in [0.25, 0.3) is 0 Å². The number of hydrogen-bond donors (Lipinski definition) is 1. The molecular weight excluding hydrogens is 252 g/mol. The van der Waals surface area contributed by atoms with E-state index >= 15 is 0 Å². The van der Waals surface area contributed by atoms with Gasteiger partial charge in [-0.2, -0.15) is 0 Å². The number of nitrogens with zero attached hydrogens (tertiary/aromatic N) is 1. The third-order valence-electron chi connectivity index (χ3n) is 4.76. The molecule has 1 heterocycles. The first-order valence-electron chi connectivity index (χ1n) is 7.90. The zero-order valence-corrected chi connectivity index (χ0v) is 12.9. The smallest absolute Gasteiger partial charge is 0.220 e.